The topological polar surface area (TPSA) is 37.2 Å². The van der Waals surface area contributed by atoms with Crippen LogP contribution in [-0.4, -0.2) is 51.5 Å². The van der Waals surface area contributed by atoms with Gasteiger partial charge in [0.1, 0.15) is 11.3 Å². The van der Waals surface area contributed by atoms with Crippen molar-refractivity contribution in [2.24, 2.45) is 0 Å². The Balaban J connectivity index is 1.88. The summed E-state index contributed by atoms with van der Waals surface area (Å²) in [4.78, 5) is 14.5. The lowest BCUT2D eigenvalue weighted by Gasteiger charge is -2.27. The van der Waals surface area contributed by atoms with Crippen molar-refractivity contribution in [1.29, 1.82) is 0 Å². The highest BCUT2D eigenvalue weighted by Gasteiger charge is 2.33. The fourth-order valence-electron chi connectivity index (χ4n) is 3.93. The second-order valence-corrected chi connectivity index (χ2v) is 6.43. The van der Waals surface area contributed by atoms with Crippen molar-refractivity contribution in [2.45, 2.75) is 37.9 Å². The maximum atomic E-state index is 4.96. The Bertz CT molecular complexity index is 649. The van der Waals surface area contributed by atoms with Crippen LogP contribution in [0.4, 0.5) is 0 Å². The molecule has 21 heavy (non-hydrogen) atoms. The molecule has 2 atom stereocenters. The fourth-order valence-corrected chi connectivity index (χ4v) is 3.93. The lowest BCUT2D eigenvalue weighted by atomic mass is 10.2. The van der Waals surface area contributed by atoms with E-state index in [9.17, 15) is 0 Å². The summed E-state index contributed by atoms with van der Waals surface area (Å²) in [6.45, 7) is 2.33. The Hall–Kier alpha value is -1.46. The standard InChI is InChI=1S/C16H23N5/c1-19-10-4-7-13(19)16-18-12-6-3-9-17-15(12)21(16)14-8-5-11-20(14)2/h3,6,9,13-14H,4-5,7-8,10-11H2,1-2H3. The van der Waals surface area contributed by atoms with Gasteiger partial charge in [0.2, 0.25) is 0 Å². The summed E-state index contributed by atoms with van der Waals surface area (Å²) in [7, 11) is 4.43. The molecule has 0 spiro atoms. The third-order valence-corrected chi connectivity index (χ3v) is 5.07. The van der Waals surface area contributed by atoms with Crippen LogP contribution in [-0.2, 0) is 0 Å². The zero-order chi connectivity index (χ0) is 14.4. The maximum Gasteiger partial charge on any atom is 0.161 e. The van der Waals surface area contributed by atoms with Crippen molar-refractivity contribution in [1.82, 2.24) is 24.3 Å². The number of likely N-dealkylation sites (tertiary alicyclic amines) is 2. The molecular weight excluding hydrogens is 262 g/mol. The van der Waals surface area contributed by atoms with E-state index in [-0.39, 0.29) is 0 Å². The summed E-state index contributed by atoms with van der Waals surface area (Å²) in [5.74, 6) is 1.21. The molecule has 0 saturated carbocycles. The first kappa shape index (κ1) is 13.2. The first-order valence-corrected chi connectivity index (χ1v) is 7.99. The molecule has 2 aliphatic heterocycles. The average molecular weight is 285 g/mol. The van der Waals surface area contributed by atoms with Gasteiger partial charge in [0.25, 0.3) is 0 Å². The van der Waals surface area contributed by atoms with Gasteiger partial charge in [-0.3, -0.25) is 14.4 Å². The van der Waals surface area contributed by atoms with Crippen LogP contribution >= 0.6 is 0 Å². The van der Waals surface area contributed by atoms with Gasteiger partial charge in [0, 0.05) is 6.20 Å². The summed E-state index contributed by atoms with van der Waals surface area (Å²) in [6, 6.07) is 4.51. The highest BCUT2D eigenvalue weighted by molar-refractivity contribution is 5.71. The van der Waals surface area contributed by atoms with E-state index >= 15 is 0 Å². The van der Waals surface area contributed by atoms with Gasteiger partial charge in [-0.05, 0) is 65.0 Å². The SMILES string of the molecule is CN1CCCC1c1nc2cccnc2n1C1CCCN1C. The third kappa shape index (κ3) is 2.07. The van der Waals surface area contributed by atoms with E-state index in [0.29, 0.717) is 12.2 Å². The predicted molar refractivity (Wildman–Crippen MR) is 83.0 cm³/mol. The molecule has 4 heterocycles. The molecule has 0 aromatic carbocycles. The quantitative estimate of drug-likeness (QED) is 0.849. The lowest BCUT2D eigenvalue weighted by Crippen LogP contribution is -2.28. The van der Waals surface area contributed by atoms with E-state index in [1.165, 1.54) is 38.1 Å². The Morgan fingerprint density at radius 3 is 2.62 bits per heavy atom. The molecule has 2 saturated heterocycles. The second kappa shape index (κ2) is 5.07. The van der Waals surface area contributed by atoms with Crippen molar-refractivity contribution in [3.63, 3.8) is 0 Å². The number of hydrogen-bond donors (Lipinski definition) is 0. The van der Waals surface area contributed by atoms with E-state index in [0.717, 1.165) is 17.7 Å². The summed E-state index contributed by atoms with van der Waals surface area (Å²) >= 11 is 0. The minimum absolute atomic E-state index is 0.411. The molecule has 5 nitrogen and oxygen atoms in total. The van der Waals surface area contributed by atoms with Crippen LogP contribution in [0.2, 0.25) is 0 Å². The van der Waals surface area contributed by atoms with E-state index in [1.54, 1.807) is 0 Å². The van der Waals surface area contributed by atoms with Gasteiger partial charge in [-0.1, -0.05) is 0 Å². The summed E-state index contributed by atoms with van der Waals surface area (Å²) in [5, 5.41) is 0. The molecule has 112 valence electrons. The average Bonchev–Trinajstić information content (AvgIpc) is 3.16. The molecule has 0 amide bonds. The Morgan fingerprint density at radius 2 is 1.90 bits per heavy atom. The molecule has 5 heteroatoms. The van der Waals surface area contributed by atoms with Crippen LogP contribution in [0.25, 0.3) is 11.2 Å². The minimum Gasteiger partial charge on any atom is -0.297 e. The van der Waals surface area contributed by atoms with Crippen LogP contribution in [0.15, 0.2) is 18.3 Å². The molecule has 4 rings (SSSR count). The molecule has 0 radical (unpaired) electrons. The van der Waals surface area contributed by atoms with E-state index in [1.807, 2.05) is 12.3 Å². The maximum absolute atomic E-state index is 4.96. The number of imidazole rings is 1. The van der Waals surface area contributed by atoms with Crippen molar-refractivity contribution in [2.75, 3.05) is 27.2 Å². The van der Waals surface area contributed by atoms with E-state index < -0.39 is 0 Å². The Morgan fingerprint density at radius 1 is 1.10 bits per heavy atom. The lowest BCUT2D eigenvalue weighted by molar-refractivity contribution is 0.219. The summed E-state index contributed by atoms with van der Waals surface area (Å²) in [6.07, 6.45) is 7.22. The van der Waals surface area contributed by atoms with Gasteiger partial charge in [-0.25, -0.2) is 9.97 Å². The van der Waals surface area contributed by atoms with Gasteiger partial charge >= 0.3 is 0 Å². The van der Waals surface area contributed by atoms with Crippen LogP contribution in [0.5, 0.6) is 0 Å². The van der Waals surface area contributed by atoms with Crippen LogP contribution in [0.3, 0.4) is 0 Å². The summed E-state index contributed by atoms with van der Waals surface area (Å²) < 4.78 is 2.41. The fraction of sp³-hybridized carbons (Fsp3) is 0.625. The van der Waals surface area contributed by atoms with E-state index in [4.69, 9.17) is 4.98 Å². The monoisotopic (exact) mass is 285 g/mol. The first-order valence-electron chi connectivity index (χ1n) is 7.99. The van der Waals surface area contributed by atoms with Gasteiger partial charge in [-0.15, -0.1) is 0 Å². The molecular formula is C16H23N5. The van der Waals surface area contributed by atoms with Crippen LogP contribution in [0, 0.1) is 0 Å². The molecule has 0 aliphatic carbocycles. The van der Waals surface area contributed by atoms with Crippen LogP contribution in [0.1, 0.15) is 43.7 Å². The van der Waals surface area contributed by atoms with E-state index in [2.05, 4.69) is 39.5 Å². The molecule has 2 aliphatic rings. The van der Waals surface area contributed by atoms with Crippen molar-refractivity contribution < 1.29 is 0 Å². The number of hydrogen-bond acceptors (Lipinski definition) is 4. The molecule has 2 aromatic rings. The number of fused-ring (bicyclic) bond motifs is 1. The van der Waals surface area contributed by atoms with Crippen molar-refractivity contribution in [3.8, 4) is 0 Å². The Kier molecular flexibility index (Phi) is 3.19. The van der Waals surface area contributed by atoms with Gasteiger partial charge < -0.3 is 0 Å². The zero-order valence-corrected chi connectivity index (χ0v) is 12.9. The number of nitrogens with zero attached hydrogens (tertiary/aromatic N) is 5. The normalized spacial score (nSPS) is 27.9. The van der Waals surface area contributed by atoms with Gasteiger partial charge in [0.05, 0.1) is 12.2 Å². The second-order valence-electron chi connectivity index (χ2n) is 6.43. The van der Waals surface area contributed by atoms with Gasteiger partial charge in [-0.2, -0.15) is 0 Å². The van der Waals surface area contributed by atoms with Gasteiger partial charge in [0.15, 0.2) is 5.65 Å². The summed E-state index contributed by atoms with van der Waals surface area (Å²) in [5.41, 5.74) is 2.08. The minimum atomic E-state index is 0.411. The van der Waals surface area contributed by atoms with Crippen LogP contribution < -0.4 is 0 Å². The number of aromatic nitrogens is 3. The smallest absolute Gasteiger partial charge is 0.161 e. The van der Waals surface area contributed by atoms with Crippen molar-refractivity contribution >= 4 is 11.2 Å². The highest BCUT2D eigenvalue weighted by atomic mass is 15.3. The predicted octanol–water partition coefficient (Wildman–Crippen LogP) is 2.42. The molecule has 2 aromatic heterocycles. The number of rotatable bonds is 2. The van der Waals surface area contributed by atoms with Crippen molar-refractivity contribution in [3.05, 3.63) is 24.2 Å². The largest absolute Gasteiger partial charge is 0.297 e. The first-order chi connectivity index (χ1) is 10.3. The zero-order valence-electron chi connectivity index (χ0n) is 12.9. The highest BCUT2D eigenvalue weighted by Crippen LogP contribution is 2.36. The molecule has 0 N–H and O–H groups in total. The molecule has 2 unspecified atom stereocenters. The third-order valence-electron chi connectivity index (χ3n) is 5.07. The molecule has 2 fully saturated rings. The molecule has 0 bridgehead atoms. The number of pyridine rings is 1. The Labute approximate surface area is 125 Å².